The number of hydrogen-bond acceptors (Lipinski definition) is 4. The van der Waals surface area contributed by atoms with E-state index in [1.807, 2.05) is 0 Å². The van der Waals surface area contributed by atoms with Gasteiger partial charge < -0.3 is 4.57 Å². The molecular weight excluding hydrogens is 172 g/mol. The summed E-state index contributed by atoms with van der Waals surface area (Å²) in [6.07, 6.45) is 1.79. The van der Waals surface area contributed by atoms with E-state index in [0.717, 1.165) is 25.5 Å². The van der Waals surface area contributed by atoms with E-state index in [9.17, 15) is 0 Å². The molecule has 1 aliphatic heterocycles. The number of hydrogen-bond donors (Lipinski definition) is 1. The molecule has 1 aliphatic rings. The predicted octanol–water partition coefficient (Wildman–Crippen LogP) is 0.369. The van der Waals surface area contributed by atoms with Crippen molar-refractivity contribution in [2.24, 2.45) is 0 Å². The number of thiol groups is 1. The van der Waals surface area contributed by atoms with Gasteiger partial charge in [0, 0.05) is 13.1 Å². The quantitative estimate of drug-likeness (QED) is 0.640. The van der Waals surface area contributed by atoms with Crippen molar-refractivity contribution in [1.29, 1.82) is 0 Å². The molecular formula is C7H12N4S. The second-order valence-corrected chi connectivity index (χ2v) is 3.79. The van der Waals surface area contributed by atoms with Crippen molar-refractivity contribution in [3.63, 3.8) is 0 Å². The van der Waals surface area contributed by atoms with Crippen LogP contribution in [0.2, 0.25) is 0 Å². The Morgan fingerprint density at radius 2 is 2.42 bits per heavy atom. The topological polar surface area (TPSA) is 34.0 Å². The molecule has 1 unspecified atom stereocenters. The second kappa shape index (κ2) is 3.06. The van der Waals surface area contributed by atoms with Crippen LogP contribution in [0.1, 0.15) is 12.7 Å². The molecule has 0 aromatic carbocycles. The predicted molar refractivity (Wildman–Crippen MR) is 48.9 cm³/mol. The first-order chi connectivity index (χ1) is 5.77. The molecule has 0 N–H and O–H groups in total. The molecule has 66 valence electrons. The van der Waals surface area contributed by atoms with Crippen molar-refractivity contribution in [1.82, 2.24) is 19.7 Å². The Kier molecular flexibility index (Phi) is 2.06. The normalized spacial score (nSPS) is 20.5. The molecule has 0 amide bonds. The Morgan fingerprint density at radius 1 is 1.58 bits per heavy atom. The highest BCUT2D eigenvalue weighted by Crippen LogP contribution is 2.13. The first-order valence-corrected chi connectivity index (χ1v) is 4.58. The van der Waals surface area contributed by atoms with E-state index < -0.39 is 0 Å². The highest BCUT2D eigenvalue weighted by atomic mass is 32.1. The van der Waals surface area contributed by atoms with Crippen molar-refractivity contribution < 1.29 is 0 Å². The van der Waals surface area contributed by atoms with Crippen LogP contribution in [-0.4, -0.2) is 31.6 Å². The van der Waals surface area contributed by atoms with Crippen LogP contribution in [0.25, 0.3) is 0 Å². The van der Waals surface area contributed by atoms with Gasteiger partial charge >= 0.3 is 0 Å². The van der Waals surface area contributed by atoms with Crippen LogP contribution >= 0.6 is 12.6 Å². The molecule has 5 heteroatoms. The third-order valence-electron chi connectivity index (χ3n) is 2.20. The lowest BCUT2D eigenvalue weighted by Gasteiger charge is -2.29. The number of aromatic nitrogens is 3. The van der Waals surface area contributed by atoms with Gasteiger partial charge in [-0.1, -0.05) is 0 Å². The molecule has 0 spiro atoms. The van der Waals surface area contributed by atoms with Gasteiger partial charge in [-0.25, -0.2) is 0 Å². The van der Waals surface area contributed by atoms with Crippen molar-refractivity contribution in [3.8, 4) is 0 Å². The maximum absolute atomic E-state index is 4.38. The Hall–Kier alpha value is -0.550. The maximum atomic E-state index is 4.38. The number of fused-ring (bicyclic) bond motifs is 1. The van der Waals surface area contributed by atoms with E-state index in [-0.39, 0.29) is 0 Å². The largest absolute Gasteiger partial charge is 0.315 e. The summed E-state index contributed by atoms with van der Waals surface area (Å²) in [5.41, 5.74) is 0. The number of nitrogens with zero attached hydrogens (tertiary/aromatic N) is 4. The minimum atomic E-state index is 0.301. The molecule has 0 saturated carbocycles. The molecule has 1 aromatic heterocycles. The van der Waals surface area contributed by atoms with Gasteiger partial charge in [0.25, 0.3) is 0 Å². The zero-order chi connectivity index (χ0) is 8.55. The fourth-order valence-electron chi connectivity index (χ4n) is 1.40. The molecule has 0 saturated heterocycles. The Morgan fingerprint density at radius 3 is 3.17 bits per heavy atom. The van der Waals surface area contributed by atoms with E-state index in [0.29, 0.717) is 5.37 Å². The lowest BCUT2D eigenvalue weighted by molar-refractivity contribution is 0.211. The van der Waals surface area contributed by atoms with E-state index in [2.05, 4.69) is 39.2 Å². The summed E-state index contributed by atoms with van der Waals surface area (Å²) < 4.78 is 2.09. The summed E-state index contributed by atoms with van der Waals surface area (Å²) in [5, 5.41) is 8.19. The molecule has 0 bridgehead atoms. The standard InChI is InChI=1S/C7H12N4S/c1-6(12)10-2-3-11-5-8-9-7(11)4-10/h5-6,12H,2-4H2,1H3. The van der Waals surface area contributed by atoms with Crippen LogP contribution in [-0.2, 0) is 13.1 Å². The summed E-state index contributed by atoms with van der Waals surface area (Å²) in [5.74, 6) is 1.04. The third kappa shape index (κ3) is 1.34. The van der Waals surface area contributed by atoms with Crippen molar-refractivity contribution in [3.05, 3.63) is 12.2 Å². The first kappa shape index (κ1) is 8.07. The van der Waals surface area contributed by atoms with Crippen molar-refractivity contribution in [2.75, 3.05) is 6.54 Å². The zero-order valence-corrected chi connectivity index (χ0v) is 7.91. The highest BCUT2D eigenvalue weighted by Gasteiger charge is 2.19. The lowest BCUT2D eigenvalue weighted by Crippen LogP contribution is -2.37. The third-order valence-corrected chi connectivity index (χ3v) is 2.52. The van der Waals surface area contributed by atoms with Gasteiger partial charge in [-0.3, -0.25) is 4.90 Å². The van der Waals surface area contributed by atoms with Gasteiger partial charge in [-0.2, -0.15) is 12.6 Å². The van der Waals surface area contributed by atoms with Crippen LogP contribution in [0.15, 0.2) is 6.33 Å². The Balaban J connectivity index is 2.15. The summed E-state index contributed by atoms with van der Waals surface area (Å²) in [4.78, 5) is 2.27. The molecule has 4 nitrogen and oxygen atoms in total. The van der Waals surface area contributed by atoms with Crippen LogP contribution < -0.4 is 0 Å². The van der Waals surface area contributed by atoms with Crippen LogP contribution in [0.3, 0.4) is 0 Å². The molecule has 12 heavy (non-hydrogen) atoms. The van der Waals surface area contributed by atoms with Gasteiger partial charge in [0.15, 0.2) is 0 Å². The first-order valence-electron chi connectivity index (χ1n) is 4.06. The second-order valence-electron chi connectivity index (χ2n) is 3.04. The maximum Gasteiger partial charge on any atom is 0.147 e. The lowest BCUT2D eigenvalue weighted by atomic mass is 10.3. The highest BCUT2D eigenvalue weighted by molar-refractivity contribution is 7.80. The van der Waals surface area contributed by atoms with Crippen LogP contribution in [0.5, 0.6) is 0 Å². The van der Waals surface area contributed by atoms with E-state index in [1.165, 1.54) is 0 Å². The van der Waals surface area contributed by atoms with Crippen molar-refractivity contribution >= 4 is 12.6 Å². The van der Waals surface area contributed by atoms with Gasteiger partial charge in [-0.15, -0.1) is 10.2 Å². The molecule has 1 aromatic rings. The molecule has 0 radical (unpaired) electrons. The van der Waals surface area contributed by atoms with Gasteiger partial charge in [-0.05, 0) is 6.92 Å². The van der Waals surface area contributed by atoms with E-state index >= 15 is 0 Å². The molecule has 1 atom stereocenters. The number of rotatable bonds is 1. The van der Waals surface area contributed by atoms with Crippen LogP contribution in [0, 0.1) is 0 Å². The molecule has 2 heterocycles. The van der Waals surface area contributed by atoms with Crippen LogP contribution in [0.4, 0.5) is 0 Å². The smallest absolute Gasteiger partial charge is 0.147 e. The minimum Gasteiger partial charge on any atom is -0.315 e. The summed E-state index contributed by atoms with van der Waals surface area (Å²) in [6, 6.07) is 0. The fourth-order valence-corrected chi connectivity index (χ4v) is 1.60. The Bertz CT molecular complexity index is 270. The zero-order valence-electron chi connectivity index (χ0n) is 7.01. The van der Waals surface area contributed by atoms with Crippen molar-refractivity contribution in [2.45, 2.75) is 25.4 Å². The molecule has 0 fully saturated rings. The van der Waals surface area contributed by atoms with Gasteiger partial charge in [0.2, 0.25) is 0 Å². The van der Waals surface area contributed by atoms with Gasteiger partial charge in [0.1, 0.15) is 12.2 Å². The molecule has 0 aliphatic carbocycles. The summed E-state index contributed by atoms with van der Waals surface area (Å²) in [6.45, 7) is 4.96. The Labute approximate surface area is 77.0 Å². The average molecular weight is 184 g/mol. The summed E-state index contributed by atoms with van der Waals surface area (Å²) >= 11 is 4.38. The summed E-state index contributed by atoms with van der Waals surface area (Å²) in [7, 11) is 0. The minimum absolute atomic E-state index is 0.301. The average Bonchev–Trinajstić information content (AvgIpc) is 2.49. The van der Waals surface area contributed by atoms with E-state index in [4.69, 9.17) is 0 Å². The van der Waals surface area contributed by atoms with Gasteiger partial charge in [0.05, 0.1) is 11.9 Å². The van der Waals surface area contributed by atoms with E-state index in [1.54, 1.807) is 6.33 Å². The molecule has 2 rings (SSSR count). The SMILES string of the molecule is CC(S)N1CCn2cnnc2C1. The fraction of sp³-hybridized carbons (Fsp3) is 0.714. The monoisotopic (exact) mass is 184 g/mol.